The van der Waals surface area contributed by atoms with Gasteiger partial charge in [0.05, 0.1) is 6.61 Å². The summed E-state index contributed by atoms with van der Waals surface area (Å²) in [4.78, 5) is 12.2. The van der Waals surface area contributed by atoms with E-state index in [2.05, 4.69) is 6.92 Å². The minimum atomic E-state index is -1.76. The van der Waals surface area contributed by atoms with Crippen molar-refractivity contribution in [1.29, 1.82) is 0 Å². The molecule has 0 radical (unpaired) electrons. The molecule has 0 amide bonds. The summed E-state index contributed by atoms with van der Waals surface area (Å²) in [5.74, 6) is -0.483. The molecule has 1 unspecified atom stereocenters. The second kappa shape index (κ2) is 17.7. The fraction of sp³-hybridized carbons (Fsp3) is 0.962. The highest BCUT2D eigenvalue weighted by Gasteiger charge is 2.50. The average Bonchev–Trinajstić information content (AvgIpc) is 2.91. The third-order valence-corrected chi connectivity index (χ3v) is 7.19. The normalized spacial score (nSPS) is 35.8. The summed E-state index contributed by atoms with van der Waals surface area (Å²) in [6.45, 7) is 1.11. The maximum absolute atomic E-state index is 12.2. The molecular formula is C26H48O12. The average molecular weight is 553 g/mol. The second-order valence-electron chi connectivity index (χ2n) is 10.3. The van der Waals surface area contributed by atoms with Gasteiger partial charge >= 0.3 is 5.97 Å². The molecule has 0 aromatic rings. The Balaban J connectivity index is 1.71. The van der Waals surface area contributed by atoms with Crippen molar-refractivity contribution in [1.82, 2.24) is 0 Å². The van der Waals surface area contributed by atoms with Gasteiger partial charge in [0, 0.05) is 6.42 Å². The van der Waals surface area contributed by atoms with E-state index in [4.69, 9.17) is 18.9 Å². The first-order valence-corrected chi connectivity index (χ1v) is 14.0. The number of carbonyl (C=O) groups excluding carboxylic acids is 1. The van der Waals surface area contributed by atoms with Gasteiger partial charge in [0.15, 0.2) is 12.6 Å². The lowest BCUT2D eigenvalue weighted by Gasteiger charge is -2.45. The lowest BCUT2D eigenvalue weighted by Crippen LogP contribution is -2.64. The number of rotatable bonds is 17. The van der Waals surface area contributed by atoms with E-state index in [1.807, 2.05) is 0 Å². The Bertz CT molecular complexity index is 650. The van der Waals surface area contributed by atoms with E-state index >= 15 is 0 Å². The van der Waals surface area contributed by atoms with Crippen molar-refractivity contribution < 1.29 is 59.5 Å². The third-order valence-electron chi connectivity index (χ3n) is 7.19. The van der Waals surface area contributed by atoms with Gasteiger partial charge in [-0.3, -0.25) is 4.79 Å². The number of aliphatic hydroxyl groups is 7. The maximum atomic E-state index is 12.2. The molecule has 2 rings (SSSR count). The summed E-state index contributed by atoms with van der Waals surface area (Å²) in [7, 11) is 0. The van der Waals surface area contributed by atoms with Crippen LogP contribution in [-0.2, 0) is 23.7 Å². The van der Waals surface area contributed by atoms with E-state index in [9.17, 15) is 40.5 Å². The van der Waals surface area contributed by atoms with Crippen molar-refractivity contribution in [3.05, 3.63) is 0 Å². The Morgan fingerprint density at radius 1 is 0.684 bits per heavy atom. The van der Waals surface area contributed by atoms with Crippen molar-refractivity contribution in [2.24, 2.45) is 0 Å². The summed E-state index contributed by atoms with van der Waals surface area (Å²) >= 11 is 0. The summed E-state index contributed by atoms with van der Waals surface area (Å²) in [5, 5.41) is 70.0. The van der Waals surface area contributed by atoms with Gasteiger partial charge in [-0.1, -0.05) is 71.1 Å². The molecule has 2 fully saturated rings. The van der Waals surface area contributed by atoms with Crippen LogP contribution in [0.1, 0.15) is 84.0 Å². The molecule has 10 atom stereocenters. The number of ether oxygens (including phenoxy) is 4. The van der Waals surface area contributed by atoms with Crippen LogP contribution < -0.4 is 0 Å². The highest BCUT2D eigenvalue weighted by molar-refractivity contribution is 5.69. The number of esters is 1. The Morgan fingerprint density at radius 2 is 1.26 bits per heavy atom. The van der Waals surface area contributed by atoms with Crippen LogP contribution in [0.5, 0.6) is 0 Å². The molecular weight excluding hydrogens is 504 g/mol. The first-order valence-electron chi connectivity index (χ1n) is 14.0. The topological polar surface area (TPSA) is 196 Å². The van der Waals surface area contributed by atoms with Crippen molar-refractivity contribution in [2.75, 3.05) is 13.2 Å². The first-order chi connectivity index (χ1) is 18.2. The summed E-state index contributed by atoms with van der Waals surface area (Å²) in [5.41, 5.74) is 0. The highest BCUT2D eigenvalue weighted by atomic mass is 16.7. The second-order valence-corrected chi connectivity index (χ2v) is 10.3. The van der Waals surface area contributed by atoms with Crippen LogP contribution in [0.3, 0.4) is 0 Å². The Morgan fingerprint density at radius 3 is 1.84 bits per heavy atom. The largest absolute Gasteiger partial charge is 0.463 e. The fourth-order valence-corrected chi connectivity index (χ4v) is 4.74. The van der Waals surface area contributed by atoms with Crippen molar-refractivity contribution in [2.45, 2.75) is 145 Å². The molecule has 0 spiro atoms. The standard InChI is InChI=1S/C26H48O12/c1-2-3-4-5-6-7-8-9-10-11-12-13-18(28)35-15-17-19(29)20(30)23(33)26(37-17)38-24-16(14-27)36-25(34)22(32)21(24)31/h16-17,19-27,29-34H,2-15H2,1H3/t16-,17-,19+,20+,21-,22-,23-,24-,25?,26+/m1/s1. The minimum Gasteiger partial charge on any atom is -0.463 e. The van der Waals surface area contributed by atoms with Crippen LogP contribution in [0.25, 0.3) is 0 Å². The Hall–Kier alpha value is -0.930. The molecule has 224 valence electrons. The molecule has 12 heteroatoms. The monoisotopic (exact) mass is 552 g/mol. The number of carbonyl (C=O) groups is 1. The van der Waals surface area contributed by atoms with E-state index in [0.29, 0.717) is 6.42 Å². The third kappa shape index (κ3) is 10.2. The molecule has 7 N–H and O–H groups in total. The van der Waals surface area contributed by atoms with Crippen LogP contribution in [0, 0.1) is 0 Å². The quantitative estimate of drug-likeness (QED) is 0.0933. The fourth-order valence-electron chi connectivity index (χ4n) is 4.74. The van der Waals surface area contributed by atoms with Gasteiger partial charge in [-0.15, -0.1) is 0 Å². The summed E-state index contributed by atoms with van der Waals surface area (Å²) in [6, 6.07) is 0. The van der Waals surface area contributed by atoms with E-state index in [1.165, 1.54) is 44.9 Å². The molecule has 0 bridgehead atoms. The SMILES string of the molecule is CCCCCCCCCCCCCC(=O)OC[C@H]1O[C@@H](O[C@H]2[C@H](O)[C@@H](O)C(O)O[C@@H]2CO)[C@H](O)[C@@H](O)[C@H]1O. The van der Waals surface area contributed by atoms with Crippen LogP contribution >= 0.6 is 0 Å². The number of hydrogen-bond acceptors (Lipinski definition) is 12. The van der Waals surface area contributed by atoms with Gasteiger partial charge in [0.2, 0.25) is 0 Å². The van der Waals surface area contributed by atoms with Gasteiger partial charge in [-0.25, -0.2) is 0 Å². The lowest BCUT2D eigenvalue weighted by molar-refractivity contribution is -0.355. The summed E-state index contributed by atoms with van der Waals surface area (Å²) < 4.78 is 21.2. The van der Waals surface area contributed by atoms with Crippen molar-refractivity contribution in [3.63, 3.8) is 0 Å². The van der Waals surface area contributed by atoms with Crippen molar-refractivity contribution >= 4 is 5.97 Å². The molecule has 2 saturated heterocycles. The van der Waals surface area contributed by atoms with E-state index in [1.54, 1.807) is 0 Å². The van der Waals surface area contributed by atoms with E-state index in [-0.39, 0.29) is 6.42 Å². The number of aliphatic hydroxyl groups excluding tert-OH is 7. The van der Waals surface area contributed by atoms with Gasteiger partial charge in [0.1, 0.15) is 55.4 Å². The zero-order valence-corrected chi connectivity index (χ0v) is 22.3. The predicted molar refractivity (Wildman–Crippen MR) is 134 cm³/mol. The summed E-state index contributed by atoms with van der Waals surface area (Å²) in [6.07, 6.45) is -3.02. The number of unbranched alkanes of at least 4 members (excludes halogenated alkanes) is 10. The van der Waals surface area contributed by atoms with Gasteiger partial charge in [0.25, 0.3) is 0 Å². The van der Waals surface area contributed by atoms with Crippen LogP contribution in [0.2, 0.25) is 0 Å². The molecule has 0 aliphatic carbocycles. The van der Waals surface area contributed by atoms with Crippen molar-refractivity contribution in [3.8, 4) is 0 Å². The van der Waals surface area contributed by atoms with Crippen LogP contribution in [0.4, 0.5) is 0 Å². The minimum absolute atomic E-state index is 0.203. The highest BCUT2D eigenvalue weighted by Crippen LogP contribution is 2.29. The molecule has 0 saturated carbocycles. The van der Waals surface area contributed by atoms with Crippen LogP contribution in [0.15, 0.2) is 0 Å². The molecule has 38 heavy (non-hydrogen) atoms. The molecule has 0 aromatic carbocycles. The molecule has 2 aliphatic heterocycles. The van der Waals surface area contributed by atoms with Gasteiger partial charge in [-0.2, -0.15) is 0 Å². The molecule has 12 nitrogen and oxygen atoms in total. The van der Waals surface area contributed by atoms with Gasteiger partial charge < -0.3 is 54.7 Å². The Labute approximate surface area is 224 Å². The first kappa shape index (κ1) is 33.3. The smallest absolute Gasteiger partial charge is 0.305 e. The van der Waals surface area contributed by atoms with E-state index < -0.39 is 80.6 Å². The molecule has 2 aliphatic rings. The molecule has 0 aromatic heterocycles. The Kier molecular flexibility index (Phi) is 15.5. The zero-order valence-electron chi connectivity index (χ0n) is 22.3. The predicted octanol–water partition coefficient (Wildman–Crippen LogP) is -0.145. The maximum Gasteiger partial charge on any atom is 0.305 e. The number of hydrogen-bond donors (Lipinski definition) is 7. The van der Waals surface area contributed by atoms with E-state index in [0.717, 1.165) is 19.3 Å². The van der Waals surface area contributed by atoms with Gasteiger partial charge in [-0.05, 0) is 6.42 Å². The zero-order chi connectivity index (χ0) is 28.1. The lowest BCUT2D eigenvalue weighted by atomic mass is 9.97. The molecule has 2 heterocycles. The van der Waals surface area contributed by atoms with Crippen LogP contribution in [-0.4, -0.2) is 116 Å².